The molecular weight excluding hydrogens is 535 g/mol. The van der Waals surface area contributed by atoms with Gasteiger partial charge in [0.15, 0.2) is 22.4 Å². The lowest BCUT2D eigenvalue weighted by atomic mass is 10.1. The zero-order chi connectivity index (χ0) is 26.5. The number of aryl methyl sites for hydroxylation is 1. The number of carbonyl (C=O) groups excluding carboxylic acids is 2. The largest absolute Gasteiger partial charge is 0.490 e. The second-order valence-electron chi connectivity index (χ2n) is 7.93. The highest BCUT2D eigenvalue weighted by Gasteiger charge is 2.33. The number of hydrogen-bond donors (Lipinski definition) is 1. The van der Waals surface area contributed by atoms with Crippen LogP contribution in [0.3, 0.4) is 0 Å². The third-order valence-electron chi connectivity index (χ3n) is 5.26. The van der Waals surface area contributed by atoms with E-state index < -0.39 is 11.7 Å². The molecule has 4 rings (SSSR count). The van der Waals surface area contributed by atoms with Gasteiger partial charge in [0.2, 0.25) is 0 Å². The van der Waals surface area contributed by atoms with E-state index in [9.17, 15) is 14.0 Å². The van der Waals surface area contributed by atoms with E-state index in [1.54, 1.807) is 36.4 Å². The van der Waals surface area contributed by atoms with Gasteiger partial charge in [0, 0.05) is 10.7 Å². The van der Waals surface area contributed by atoms with Crippen molar-refractivity contribution in [2.75, 3.05) is 23.4 Å². The summed E-state index contributed by atoms with van der Waals surface area (Å²) in [6.07, 6.45) is 1.72. The number of nitrogens with zero attached hydrogens (tertiary/aromatic N) is 1. The molecule has 0 aromatic heterocycles. The average molecular weight is 557 g/mol. The Labute approximate surface area is 228 Å². The van der Waals surface area contributed by atoms with E-state index in [-0.39, 0.29) is 12.5 Å². The van der Waals surface area contributed by atoms with E-state index in [1.807, 2.05) is 19.9 Å². The van der Waals surface area contributed by atoms with E-state index in [1.165, 1.54) is 40.9 Å². The van der Waals surface area contributed by atoms with Gasteiger partial charge in [-0.25, -0.2) is 4.39 Å². The maximum absolute atomic E-state index is 13.1. The van der Waals surface area contributed by atoms with Crippen molar-refractivity contribution in [3.05, 3.63) is 87.5 Å². The number of hydrogen-bond acceptors (Lipinski definition) is 6. The first kappa shape index (κ1) is 26.7. The summed E-state index contributed by atoms with van der Waals surface area (Å²) < 4.78 is 24.8. The highest BCUT2D eigenvalue weighted by Crippen LogP contribution is 2.38. The molecule has 3 aromatic carbocycles. The van der Waals surface area contributed by atoms with E-state index in [0.717, 1.165) is 5.56 Å². The van der Waals surface area contributed by atoms with E-state index in [4.69, 9.17) is 33.3 Å². The molecule has 0 bridgehead atoms. The van der Waals surface area contributed by atoms with Gasteiger partial charge in [0.05, 0.1) is 17.2 Å². The Bertz CT molecular complexity index is 1400. The van der Waals surface area contributed by atoms with Crippen LogP contribution in [0.15, 0.2) is 65.6 Å². The van der Waals surface area contributed by atoms with Crippen LogP contribution in [0.1, 0.15) is 18.1 Å². The minimum atomic E-state index is -0.405. The fourth-order valence-corrected chi connectivity index (χ4v) is 4.91. The van der Waals surface area contributed by atoms with Gasteiger partial charge in [-0.3, -0.25) is 14.5 Å². The molecule has 1 heterocycles. The van der Waals surface area contributed by atoms with Crippen LogP contribution in [0, 0.1) is 12.7 Å². The fourth-order valence-electron chi connectivity index (χ4n) is 3.44. The van der Waals surface area contributed by atoms with Gasteiger partial charge in [-0.05, 0) is 79.6 Å². The van der Waals surface area contributed by atoms with Crippen molar-refractivity contribution in [2.24, 2.45) is 0 Å². The molecule has 6 nitrogen and oxygen atoms in total. The number of carbonyl (C=O) groups is 2. The molecule has 190 valence electrons. The monoisotopic (exact) mass is 556 g/mol. The van der Waals surface area contributed by atoms with Crippen molar-refractivity contribution in [3.63, 3.8) is 0 Å². The molecule has 2 amide bonds. The number of rotatable bonds is 8. The topological polar surface area (TPSA) is 67.9 Å². The first-order valence-corrected chi connectivity index (χ1v) is 12.8. The summed E-state index contributed by atoms with van der Waals surface area (Å²) >= 11 is 12.9. The number of halogens is 2. The molecule has 0 spiro atoms. The lowest BCUT2D eigenvalue weighted by Gasteiger charge is -2.15. The third kappa shape index (κ3) is 6.49. The maximum atomic E-state index is 13.1. The maximum Gasteiger partial charge on any atom is 0.270 e. The molecule has 0 saturated carbocycles. The van der Waals surface area contributed by atoms with E-state index >= 15 is 0 Å². The second kappa shape index (κ2) is 11.8. The Kier molecular flexibility index (Phi) is 8.48. The summed E-state index contributed by atoms with van der Waals surface area (Å²) in [5, 5.41) is 3.19. The summed E-state index contributed by atoms with van der Waals surface area (Å²) in [6, 6.07) is 16.0. The van der Waals surface area contributed by atoms with Crippen molar-refractivity contribution in [2.45, 2.75) is 13.8 Å². The number of thiocarbonyl (C=S) groups is 1. The number of thioether (sulfide) groups is 1. The van der Waals surface area contributed by atoms with Crippen LogP contribution in [-0.4, -0.2) is 29.3 Å². The third-order valence-corrected chi connectivity index (χ3v) is 6.97. The summed E-state index contributed by atoms with van der Waals surface area (Å²) in [4.78, 5) is 27.3. The number of amides is 2. The first-order valence-electron chi connectivity index (χ1n) is 11.2. The molecule has 0 aliphatic carbocycles. The molecule has 1 saturated heterocycles. The molecule has 1 N–H and O–H groups in total. The molecule has 0 radical (unpaired) electrons. The fraction of sp³-hybridized carbons (Fsp3) is 0.148. The van der Waals surface area contributed by atoms with E-state index in [2.05, 4.69) is 5.32 Å². The van der Waals surface area contributed by atoms with Crippen molar-refractivity contribution < 1.29 is 23.5 Å². The molecule has 1 fully saturated rings. The van der Waals surface area contributed by atoms with Crippen LogP contribution in [0.4, 0.5) is 15.8 Å². The van der Waals surface area contributed by atoms with Crippen molar-refractivity contribution in [1.29, 1.82) is 0 Å². The van der Waals surface area contributed by atoms with Crippen molar-refractivity contribution >= 4 is 69.2 Å². The highest BCUT2D eigenvalue weighted by atomic mass is 35.5. The van der Waals surface area contributed by atoms with Crippen LogP contribution < -0.4 is 19.7 Å². The summed E-state index contributed by atoms with van der Waals surface area (Å²) in [5.41, 5.74) is 2.68. The molecule has 1 aliphatic rings. The van der Waals surface area contributed by atoms with Gasteiger partial charge in [-0.2, -0.15) is 0 Å². The predicted octanol–water partition coefficient (Wildman–Crippen LogP) is 6.61. The number of nitrogens with one attached hydrogen (secondary N) is 1. The van der Waals surface area contributed by atoms with E-state index in [0.29, 0.717) is 49.3 Å². The second-order valence-corrected chi connectivity index (χ2v) is 10.0. The molecule has 1 aliphatic heterocycles. The zero-order valence-corrected chi connectivity index (χ0v) is 22.3. The van der Waals surface area contributed by atoms with Gasteiger partial charge in [-0.1, -0.05) is 47.7 Å². The van der Waals surface area contributed by atoms with Crippen LogP contribution >= 0.6 is 35.6 Å². The van der Waals surface area contributed by atoms with Gasteiger partial charge >= 0.3 is 0 Å². The van der Waals surface area contributed by atoms with Gasteiger partial charge in [0.1, 0.15) is 5.82 Å². The standard InChI is InChI=1S/C27H22ClFN2O4S2/c1-3-34-23-12-17(5-11-22(23)35-15-25(32)30-19-8-6-18(29)7-9-19)13-24-26(33)31(27(36)37-24)20-10-4-16(2)21(28)14-20/h4-14H,3,15H2,1-2H3,(H,30,32)/b24-13-. The number of benzene rings is 3. The van der Waals surface area contributed by atoms with Crippen LogP contribution in [0.25, 0.3) is 6.08 Å². The van der Waals surface area contributed by atoms with Gasteiger partial charge < -0.3 is 14.8 Å². The van der Waals surface area contributed by atoms with Crippen LogP contribution in [0.2, 0.25) is 5.02 Å². The molecular formula is C27H22ClFN2O4S2. The normalized spacial score (nSPS) is 14.3. The van der Waals surface area contributed by atoms with Crippen molar-refractivity contribution in [1.82, 2.24) is 0 Å². The van der Waals surface area contributed by atoms with Crippen molar-refractivity contribution in [3.8, 4) is 11.5 Å². The zero-order valence-electron chi connectivity index (χ0n) is 19.9. The minimum Gasteiger partial charge on any atom is -0.490 e. The number of anilines is 2. The summed E-state index contributed by atoms with van der Waals surface area (Å²) in [7, 11) is 0. The summed E-state index contributed by atoms with van der Waals surface area (Å²) in [6.45, 7) is 3.82. The lowest BCUT2D eigenvalue weighted by Crippen LogP contribution is -2.27. The van der Waals surface area contributed by atoms with Crippen LogP contribution in [-0.2, 0) is 9.59 Å². The molecule has 3 aromatic rings. The number of ether oxygens (including phenoxy) is 2. The van der Waals surface area contributed by atoms with Crippen LogP contribution in [0.5, 0.6) is 11.5 Å². The Morgan fingerprint density at radius 2 is 1.86 bits per heavy atom. The molecule has 0 unspecified atom stereocenters. The SMILES string of the molecule is CCOc1cc(/C=C2\SC(=S)N(c3ccc(C)c(Cl)c3)C2=O)ccc1OCC(=O)Nc1ccc(F)cc1. The Hall–Kier alpha value is -3.40. The average Bonchev–Trinajstić information content (AvgIpc) is 3.14. The smallest absolute Gasteiger partial charge is 0.270 e. The highest BCUT2D eigenvalue weighted by molar-refractivity contribution is 8.27. The predicted molar refractivity (Wildman–Crippen MR) is 150 cm³/mol. The Morgan fingerprint density at radius 1 is 1.11 bits per heavy atom. The lowest BCUT2D eigenvalue weighted by molar-refractivity contribution is -0.118. The molecule has 10 heteroatoms. The Balaban J connectivity index is 1.48. The quantitative estimate of drug-likeness (QED) is 0.249. The minimum absolute atomic E-state index is 0.245. The van der Waals surface area contributed by atoms with Gasteiger partial charge in [-0.15, -0.1) is 0 Å². The van der Waals surface area contributed by atoms with Gasteiger partial charge in [0.25, 0.3) is 11.8 Å². The molecule has 37 heavy (non-hydrogen) atoms. The summed E-state index contributed by atoms with van der Waals surface area (Å²) in [5.74, 6) is -0.247. The first-order chi connectivity index (χ1) is 17.7. The molecule has 0 atom stereocenters. The Morgan fingerprint density at radius 3 is 2.57 bits per heavy atom.